The van der Waals surface area contributed by atoms with E-state index in [0.717, 1.165) is 23.5 Å². The third kappa shape index (κ3) is 3.67. The predicted molar refractivity (Wildman–Crippen MR) is 77.8 cm³/mol. The topological polar surface area (TPSA) is 80.5 Å². The number of rotatable bonds is 4. The number of carbonyl (C=O) groups is 1. The molecule has 0 bridgehead atoms. The van der Waals surface area contributed by atoms with Gasteiger partial charge in [-0.3, -0.25) is 4.79 Å². The first-order chi connectivity index (χ1) is 10.2. The summed E-state index contributed by atoms with van der Waals surface area (Å²) in [5.41, 5.74) is 0.579. The Kier molecular flexibility index (Phi) is 4.59. The maximum Gasteiger partial charge on any atom is 0.254 e. The second-order valence-electron chi connectivity index (χ2n) is 4.61. The summed E-state index contributed by atoms with van der Waals surface area (Å²) in [6.45, 7) is 0.0522. The second kappa shape index (κ2) is 6.11. The highest BCUT2D eigenvalue weighted by atomic mass is 32.2. The van der Waals surface area contributed by atoms with Crippen LogP contribution >= 0.6 is 11.3 Å². The third-order valence-electron chi connectivity index (χ3n) is 2.85. The molecule has 0 unspecified atom stereocenters. The largest absolute Gasteiger partial charge is 0.337 e. The molecule has 9 heteroatoms. The molecule has 0 radical (unpaired) electrons. The van der Waals surface area contributed by atoms with Crippen molar-refractivity contribution in [3.8, 4) is 0 Å². The molecule has 0 aliphatic carbocycles. The molecule has 0 atom stereocenters. The van der Waals surface area contributed by atoms with E-state index in [0.29, 0.717) is 5.56 Å². The fourth-order valence-electron chi connectivity index (χ4n) is 1.78. The molecule has 22 heavy (non-hydrogen) atoms. The Morgan fingerprint density at radius 3 is 2.50 bits per heavy atom. The molecule has 2 aromatic rings. The number of carbonyl (C=O) groups excluding carboxylic acids is 1. The number of sulfonamides is 1. The molecule has 5 nitrogen and oxygen atoms in total. The maximum atomic E-state index is 13.1. The Labute approximate surface area is 130 Å². The number of benzene rings is 1. The molecule has 0 saturated carbocycles. The lowest BCUT2D eigenvalue weighted by Crippen LogP contribution is -2.26. The van der Waals surface area contributed by atoms with Crippen LogP contribution in [0.1, 0.15) is 15.9 Å². The van der Waals surface area contributed by atoms with Gasteiger partial charge in [0.05, 0.1) is 5.56 Å². The van der Waals surface area contributed by atoms with E-state index in [9.17, 15) is 22.0 Å². The molecular formula is C13H12F2N2O3S2. The highest BCUT2D eigenvalue weighted by Gasteiger charge is 2.18. The number of halogens is 2. The van der Waals surface area contributed by atoms with Crippen molar-refractivity contribution in [1.29, 1.82) is 0 Å². The molecule has 0 aliphatic rings. The fraction of sp³-hybridized carbons (Fsp3) is 0.154. The lowest BCUT2D eigenvalue weighted by Gasteiger charge is -2.16. The Morgan fingerprint density at radius 2 is 1.95 bits per heavy atom. The van der Waals surface area contributed by atoms with Gasteiger partial charge in [0.2, 0.25) is 10.0 Å². The lowest BCUT2D eigenvalue weighted by atomic mass is 10.2. The second-order valence-corrected chi connectivity index (χ2v) is 7.31. The average Bonchev–Trinajstić information content (AvgIpc) is 2.91. The molecule has 2 rings (SSSR count). The standard InChI is InChI=1S/C13H12F2N2O3S2/c1-17(6-8-2-3-10(14)11(15)4-8)13(18)9-5-12(21-7-9)22(16,19)20/h2-5,7H,6H2,1H3,(H2,16,19,20). The van der Waals surface area contributed by atoms with Gasteiger partial charge in [0.25, 0.3) is 5.91 Å². The van der Waals surface area contributed by atoms with Gasteiger partial charge in [-0.25, -0.2) is 22.3 Å². The van der Waals surface area contributed by atoms with Crippen LogP contribution in [0.25, 0.3) is 0 Å². The van der Waals surface area contributed by atoms with Crippen LogP contribution in [0.4, 0.5) is 8.78 Å². The zero-order valence-electron chi connectivity index (χ0n) is 11.4. The molecule has 2 N–H and O–H groups in total. The highest BCUT2D eigenvalue weighted by Crippen LogP contribution is 2.20. The number of hydrogen-bond acceptors (Lipinski definition) is 4. The Bertz CT molecular complexity index is 818. The number of thiophene rings is 1. The van der Waals surface area contributed by atoms with Crippen molar-refractivity contribution in [2.75, 3.05) is 7.05 Å². The smallest absolute Gasteiger partial charge is 0.254 e. The van der Waals surface area contributed by atoms with Crippen molar-refractivity contribution in [1.82, 2.24) is 4.90 Å². The molecule has 0 saturated heterocycles. The Hall–Kier alpha value is -1.84. The zero-order valence-corrected chi connectivity index (χ0v) is 13.0. The van der Waals surface area contributed by atoms with E-state index in [4.69, 9.17) is 5.14 Å². The van der Waals surface area contributed by atoms with Crippen molar-refractivity contribution < 1.29 is 22.0 Å². The van der Waals surface area contributed by atoms with Crippen LogP contribution in [0.3, 0.4) is 0 Å². The monoisotopic (exact) mass is 346 g/mol. The van der Waals surface area contributed by atoms with Gasteiger partial charge >= 0.3 is 0 Å². The van der Waals surface area contributed by atoms with Gasteiger partial charge < -0.3 is 4.90 Å². The van der Waals surface area contributed by atoms with Gasteiger partial charge in [-0.05, 0) is 23.8 Å². The van der Waals surface area contributed by atoms with E-state index < -0.39 is 27.6 Å². The van der Waals surface area contributed by atoms with Crippen LogP contribution in [0.2, 0.25) is 0 Å². The van der Waals surface area contributed by atoms with Crippen LogP contribution in [-0.4, -0.2) is 26.3 Å². The minimum Gasteiger partial charge on any atom is -0.337 e. The number of primary sulfonamides is 1. The van der Waals surface area contributed by atoms with Crippen LogP contribution in [0.5, 0.6) is 0 Å². The first-order valence-corrected chi connectivity index (χ1v) is 8.42. The molecule has 0 fully saturated rings. The summed E-state index contributed by atoms with van der Waals surface area (Å²) >= 11 is 0.843. The minimum absolute atomic E-state index is 0.0522. The van der Waals surface area contributed by atoms with E-state index >= 15 is 0 Å². The summed E-state index contributed by atoms with van der Waals surface area (Å²) in [6.07, 6.45) is 0. The van der Waals surface area contributed by atoms with Crippen molar-refractivity contribution in [2.45, 2.75) is 10.8 Å². The molecule has 0 aliphatic heterocycles. The molecule has 1 amide bonds. The summed E-state index contributed by atoms with van der Waals surface area (Å²) < 4.78 is 48.2. The molecular weight excluding hydrogens is 334 g/mol. The average molecular weight is 346 g/mol. The number of amides is 1. The summed E-state index contributed by atoms with van der Waals surface area (Å²) in [4.78, 5) is 13.4. The first-order valence-electron chi connectivity index (χ1n) is 5.99. The van der Waals surface area contributed by atoms with E-state index in [-0.39, 0.29) is 16.3 Å². The fourth-order valence-corrected chi connectivity index (χ4v) is 3.36. The number of nitrogens with two attached hydrogens (primary N) is 1. The number of hydrogen-bond donors (Lipinski definition) is 1. The van der Waals surface area contributed by atoms with Crippen molar-refractivity contribution in [3.63, 3.8) is 0 Å². The Balaban J connectivity index is 2.15. The van der Waals surface area contributed by atoms with Crippen LogP contribution in [0.15, 0.2) is 33.9 Å². The molecule has 1 aromatic carbocycles. The van der Waals surface area contributed by atoms with Crippen molar-refractivity contribution in [3.05, 3.63) is 52.4 Å². The maximum absolute atomic E-state index is 13.1. The first kappa shape index (κ1) is 16.5. The lowest BCUT2D eigenvalue weighted by molar-refractivity contribution is 0.0785. The quantitative estimate of drug-likeness (QED) is 0.919. The summed E-state index contributed by atoms with van der Waals surface area (Å²) in [6, 6.07) is 4.53. The van der Waals surface area contributed by atoms with Gasteiger partial charge in [-0.1, -0.05) is 6.07 Å². The summed E-state index contributed by atoms with van der Waals surface area (Å²) in [5.74, 6) is -2.41. The highest BCUT2D eigenvalue weighted by molar-refractivity contribution is 7.91. The number of nitrogens with zero attached hydrogens (tertiary/aromatic N) is 1. The predicted octanol–water partition coefficient (Wildman–Crippen LogP) is 1.95. The van der Waals surface area contributed by atoms with Gasteiger partial charge in [0.15, 0.2) is 11.6 Å². The van der Waals surface area contributed by atoms with E-state index in [1.807, 2.05) is 0 Å². The minimum atomic E-state index is -3.85. The summed E-state index contributed by atoms with van der Waals surface area (Å²) in [7, 11) is -2.38. The van der Waals surface area contributed by atoms with E-state index in [1.54, 1.807) is 0 Å². The molecule has 1 aromatic heterocycles. The van der Waals surface area contributed by atoms with E-state index in [2.05, 4.69) is 0 Å². The summed E-state index contributed by atoms with van der Waals surface area (Å²) in [5, 5.41) is 6.36. The normalized spacial score (nSPS) is 11.5. The Morgan fingerprint density at radius 1 is 1.27 bits per heavy atom. The van der Waals surface area contributed by atoms with Gasteiger partial charge in [0.1, 0.15) is 4.21 Å². The van der Waals surface area contributed by atoms with Gasteiger partial charge in [-0.2, -0.15) is 0 Å². The van der Waals surface area contributed by atoms with Gasteiger partial charge in [-0.15, -0.1) is 11.3 Å². The third-order valence-corrected chi connectivity index (χ3v) is 5.24. The van der Waals surface area contributed by atoms with Crippen molar-refractivity contribution >= 4 is 27.3 Å². The molecule has 0 spiro atoms. The van der Waals surface area contributed by atoms with Crippen LogP contribution < -0.4 is 5.14 Å². The molecule has 118 valence electrons. The van der Waals surface area contributed by atoms with Crippen LogP contribution in [0, 0.1) is 11.6 Å². The van der Waals surface area contributed by atoms with Crippen molar-refractivity contribution in [2.24, 2.45) is 5.14 Å². The SMILES string of the molecule is CN(Cc1ccc(F)c(F)c1)C(=O)c1csc(S(N)(=O)=O)c1. The van der Waals surface area contributed by atoms with Crippen LogP contribution in [-0.2, 0) is 16.6 Å². The van der Waals surface area contributed by atoms with E-state index in [1.165, 1.54) is 29.5 Å². The zero-order chi connectivity index (χ0) is 16.5. The molecule has 1 heterocycles. The van der Waals surface area contributed by atoms with Gasteiger partial charge in [0, 0.05) is 19.0 Å².